The molecule has 154 valence electrons. The van der Waals surface area contributed by atoms with Crippen molar-refractivity contribution in [2.24, 2.45) is 5.73 Å². The van der Waals surface area contributed by atoms with E-state index < -0.39 is 29.7 Å². The molecule has 1 aromatic carbocycles. The maximum Gasteiger partial charge on any atom is 0.323 e. The number of benzene rings is 1. The van der Waals surface area contributed by atoms with Gasteiger partial charge in [-0.15, -0.1) is 0 Å². The van der Waals surface area contributed by atoms with Gasteiger partial charge in [-0.1, -0.05) is 11.8 Å². The standard InChI is InChI=1S/C20H17F2N5O3/c1-19(29,16-3-2-8-24-25-16)7-6-12-4-5-15-14(9-12)27-17(20(21,22)11-30-15)10-13(26-27)18(23)28/h2-5,8-10,24-25,29H,11H2,1H3,(H2,23,28)/t19-/m1/s1. The van der Waals surface area contributed by atoms with Crippen molar-refractivity contribution in [1.82, 2.24) is 20.6 Å². The lowest BCUT2D eigenvalue weighted by molar-refractivity contribution is -0.0487. The van der Waals surface area contributed by atoms with Crippen LogP contribution in [0.25, 0.3) is 5.69 Å². The Morgan fingerprint density at radius 2 is 2.23 bits per heavy atom. The van der Waals surface area contributed by atoms with Crippen molar-refractivity contribution in [2.75, 3.05) is 6.61 Å². The Labute approximate surface area is 170 Å². The summed E-state index contributed by atoms with van der Waals surface area (Å²) >= 11 is 0. The molecule has 0 radical (unpaired) electrons. The summed E-state index contributed by atoms with van der Waals surface area (Å²) in [6.07, 6.45) is 5.02. The molecule has 2 aromatic rings. The van der Waals surface area contributed by atoms with Gasteiger partial charge in [-0.25, -0.2) is 4.68 Å². The highest BCUT2D eigenvalue weighted by Gasteiger charge is 2.41. The molecule has 2 aliphatic rings. The van der Waals surface area contributed by atoms with Crippen molar-refractivity contribution in [3.63, 3.8) is 0 Å². The van der Waals surface area contributed by atoms with Crippen LogP contribution in [0.1, 0.15) is 28.7 Å². The van der Waals surface area contributed by atoms with Crippen LogP contribution < -0.4 is 21.3 Å². The molecule has 1 amide bonds. The molecule has 1 aromatic heterocycles. The molecule has 0 unspecified atom stereocenters. The van der Waals surface area contributed by atoms with E-state index in [0.717, 1.165) is 10.7 Å². The average molecular weight is 413 g/mol. The summed E-state index contributed by atoms with van der Waals surface area (Å²) in [5.41, 5.74) is 9.51. The predicted octanol–water partition coefficient (Wildman–Crippen LogP) is 1.06. The van der Waals surface area contributed by atoms with E-state index in [2.05, 4.69) is 27.8 Å². The molecule has 0 bridgehead atoms. The summed E-state index contributed by atoms with van der Waals surface area (Å²) in [6.45, 7) is 0.599. The number of hydrogen-bond acceptors (Lipinski definition) is 6. The van der Waals surface area contributed by atoms with Crippen molar-refractivity contribution in [3.05, 3.63) is 65.3 Å². The monoisotopic (exact) mass is 413 g/mol. The molecule has 2 aliphatic heterocycles. The van der Waals surface area contributed by atoms with Crippen LogP contribution in [0.3, 0.4) is 0 Å². The fraction of sp³-hybridized carbons (Fsp3) is 0.200. The number of nitrogens with two attached hydrogens (primary N) is 1. The second kappa shape index (κ2) is 6.89. The van der Waals surface area contributed by atoms with E-state index in [4.69, 9.17) is 10.5 Å². The number of nitrogens with one attached hydrogen (secondary N) is 2. The number of primary amides is 1. The Morgan fingerprint density at radius 1 is 1.43 bits per heavy atom. The largest absolute Gasteiger partial charge is 0.485 e. The predicted molar refractivity (Wildman–Crippen MR) is 102 cm³/mol. The maximum atomic E-state index is 14.5. The van der Waals surface area contributed by atoms with Gasteiger partial charge >= 0.3 is 5.92 Å². The molecule has 0 fully saturated rings. The lowest BCUT2D eigenvalue weighted by Crippen LogP contribution is -2.40. The molecule has 0 aliphatic carbocycles. The fourth-order valence-corrected chi connectivity index (χ4v) is 2.97. The molecular formula is C20H17F2N5O3. The molecule has 0 saturated carbocycles. The number of allylic oxidation sites excluding steroid dienone is 2. The van der Waals surface area contributed by atoms with Crippen molar-refractivity contribution in [3.8, 4) is 23.3 Å². The number of amides is 1. The third-order valence-corrected chi connectivity index (χ3v) is 4.56. The minimum absolute atomic E-state index is 0.149. The van der Waals surface area contributed by atoms with Gasteiger partial charge in [0.15, 0.2) is 17.9 Å². The summed E-state index contributed by atoms with van der Waals surface area (Å²) in [5, 5.41) is 14.5. The first-order chi connectivity index (χ1) is 14.2. The molecule has 4 rings (SSSR count). The van der Waals surface area contributed by atoms with Crippen LogP contribution in [-0.2, 0) is 5.92 Å². The Morgan fingerprint density at radius 3 is 2.93 bits per heavy atom. The first kappa shape index (κ1) is 19.5. The van der Waals surface area contributed by atoms with Crippen molar-refractivity contribution >= 4 is 5.91 Å². The molecule has 3 heterocycles. The lowest BCUT2D eigenvalue weighted by atomic mass is 10.0. The molecule has 5 N–H and O–H groups in total. The first-order valence-corrected chi connectivity index (χ1v) is 8.87. The Hall–Kier alpha value is -3.84. The van der Waals surface area contributed by atoms with Crippen LogP contribution in [0.4, 0.5) is 8.78 Å². The van der Waals surface area contributed by atoms with Gasteiger partial charge in [0.25, 0.3) is 5.91 Å². The molecule has 10 heteroatoms. The van der Waals surface area contributed by atoms with E-state index in [-0.39, 0.29) is 17.1 Å². The van der Waals surface area contributed by atoms with Gasteiger partial charge in [-0.05, 0) is 43.3 Å². The Kier molecular flexibility index (Phi) is 4.47. The van der Waals surface area contributed by atoms with Gasteiger partial charge < -0.3 is 26.4 Å². The van der Waals surface area contributed by atoms with Crippen LogP contribution >= 0.6 is 0 Å². The normalized spacial score (nSPS) is 17.9. The van der Waals surface area contributed by atoms with Gasteiger partial charge in [0.2, 0.25) is 0 Å². The Balaban J connectivity index is 1.77. The number of rotatable bonds is 2. The first-order valence-electron chi connectivity index (χ1n) is 8.87. The second-order valence-corrected chi connectivity index (χ2v) is 6.90. The van der Waals surface area contributed by atoms with Crippen molar-refractivity contribution in [1.29, 1.82) is 0 Å². The summed E-state index contributed by atoms with van der Waals surface area (Å²) in [6, 6.07) is 5.49. The highest BCUT2D eigenvalue weighted by molar-refractivity contribution is 5.91. The van der Waals surface area contributed by atoms with E-state index in [0.29, 0.717) is 11.3 Å². The smallest absolute Gasteiger partial charge is 0.323 e. The number of carbonyl (C=O) groups is 1. The number of ether oxygens (including phenoxy) is 1. The van der Waals surface area contributed by atoms with Crippen LogP contribution in [0.2, 0.25) is 0 Å². The lowest BCUT2D eigenvalue weighted by Gasteiger charge is -2.23. The highest BCUT2D eigenvalue weighted by Crippen LogP contribution is 2.37. The highest BCUT2D eigenvalue weighted by atomic mass is 19.3. The summed E-state index contributed by atoms with van der Waals surface area (Å²) in [5.74, 6) is 1.41. The van der Waals surface area contributed by atoms with E-state index in [9.17, 15) is 18.7 Å². The third-order valence-electron chi connectivity index (χ3n) is 4.56. The Bertz CT molecular complexity index is 1150. The summed E-state index contributed by atoms with van der Waals surface area (Å²) in [7, 11) is 0. The van der Waals surface area contributed by atoms with Gasteiger partial charge in [0.1, 0.15) is 17.1 Å². The molecular weight excluding hydrogens is 396 g/mol. The van der Waals surface area contributed by atoms with Gasteiger partial charge in [-0.2, -0.15) is 13.9 Å². The number of halogens is 2. The summed E-state index contributed by atoms with van der Waals surface area (Å²) in [4.78, 5) is 11.5. The van der Waals surface area contributed by atoms with Gasteiger partial charge in [0.05, 0.1) is 5.70 Å². The third kappa shape index (κ3) is 3.46. The minimum Gasteiger partial charge on any atom is -0.485 e. The van der Waals surface area contributed by atoms with Crippen molar-refractivity contribution < 1.29 is 23.4 Å². The zero-order valence-corrected chi connectivity index (χ0v) is 15.7. The fourth-order valence-electron chi connectivity index (χ4n) is 2.97. The van der Waals surface area contributed by atoms with Crippen LogP contribution in [0.15, 0.2) is 48.3 Å². The molecule has 0 spiro atoms. The SMILES string of the molecule is C[C@@](O)(C#Cc1ccc2c(c1)-n1nc(C(N)=O)cc1C(F)(F)CO2)C1=CC=CNN1. The topological polar surface area (TPSA) is 114 Å². The zero-order chi connectivity index (χ0) is 21.5. The number of nitrogens with zero attached hydrogens (tertiary/aromatic N) is 2. The number of hydrogen-bond donors (Lipinski definition) is 4. The van der Waals surface area contributed by atoms with Crippen molar-refractivity contribution in [2.45, 2.75) is 18.4 Å². The van der Waals surface area contributed by atoms with Crippen LogP contribution in [0.5, 0.6) is 5.75 Å². The van der Waals surface area contributed by atoms with E-state index in [1.54, 1.807) is 24.4 Å². The number of fused-ring (bicyclic) bond motifs is 3. The maximum absolute atomic E-state index is 14.5. The number of hydrazine groups is 1. The number of carbonyl (C=O) groups excluding carboxylic acids is 1. The molecule has 0 saturated heterocycles. The van der Waals surface area contributed by atoms with Crippen LogP contribution in [0, 0.1) is 11.8 Å². The number of alkyl halides is 2. The van der Waals surface area contributed by atoms with Gasteiger partial charge in [0, 0.05) is 11.8 Å². The zero-order valence-electron chi connectivity index (χ0n) is 15.7. The van der Waals surface area contributed by atoms with E-state index >= 15 is 0 Å². The number of aromatic nitrogens is 2. The van der Waals surface area contributed by atoms with E-state index in [1.165, 1.54) is 19.1 Å². The molecule has 1 atom stereocenters. The quantitative estimate of drug-likeness (QED) is 0.548. The molecule has 8 nitrogen and oxygen atoms in total. The molecule has 30 heavy (non-hydrogen) atoms. The van der Waals surface area contributed by atoms with E-state index in [1.807, 2.05) is 0 Å². The number of aliphatic hydroxyl groups is 1. The minimum atomic E-state index is -3.38. The summed E-state index contributed by atoms with van der Waals surface area (Å²) < 4.78 is 35.1. The average Bonchev–Trinajstić information content (AvgIpc) is 3.15. The van der Waals surface area contributed by atoms with Crippen LogP contribution in [-0.4, -0.2) is 33.0 Å². The van der Waals surface area contributed by atoms with Gasteiger partial charge in [-0.3, -0.25) is 4.79 Å². The second-order valence-electron chi connectivity index (χ2n) is 6.90.